The number of nitriles is 1. The van der Waals surface area contributed by atoms with Crippen LogP contribution in [-0.4, -0.2) is 32.3 Å². The highest BCUT2D eigenvalue weighted by Gasteiger charge is 2.22. The molecule has 1 unspecified atom stereocenters. The van der Waals surface area contributed by atoms with Crippen molar-refractivity contribution in [2.24, 2.45) is 0 Å². The van der Waals surface area contributed by atoms with Crippen molar-refractivity contribution in [3.8, 4) is 6.07 Å². The number of halogens is 1. The Morgan fingerprint density at radius 3 is 2.54 bits per heavy atom. The van der Waals surface area contributed by atoms with Crippen LogP contribution in [0.15, 0.2) is 53.4 Å². The Morgan fingerprint density at radius 2 is 1.92 bits per heavy atom. The molecule has 0 aliphatic carbocycles. The van der Waals surface area contributed by atoms with E-state index in [4.69, 9.17) is 5.26 Å². The topological polar surface area (TPSA) is 48.5 Å². The average Bonchev–Trinajstić information content (AvgIpc) is 2.64. The van der Waals surface area contributed by atoms with Gasteiger partial charge < -0.3 is 9.80 Å². The van der Waals surface area contributed by atoms with Crippen molar-refractivity contribution < 1.29 is 14.1 Å². The molecule has 1 N–H and O–H groups in total. The largest absolute Gasteiger partial charge is 0.326 e. The molecule has 2 aromatic carbocycles. The van der Waals surface area contributed by atoms with E-state index in [9.17, 15) is 9.18 Å². The fourth-order valence-electron chi connectivity index (χ4n) is 2.72. The Kier molecular flexibility index (Phi) is 7.64. The highest BCUT2D eigenvalue weighted by atomic mass is 32.2. The smallest absolute Gasteiger partial charge is 0.282 e. The number of rotatable bonds is 8. The summed E-state index contributed by atoms with van der Waals surface area (Å²) in [5.41, 5.74) is 1.37. The standard InChI is InChI=1S/C20H22FN3OS/c1-23(14-16-8-10-17(26-2)11-9-16)15-20(25)24(13-5-12-22)19-7-4-3-6-18(19)21/h3-4,6-11H,5,13-15H2,1-2H3/p+1. The number of quaternary nitrogens is 1. The fourth-order valence-corrected chi connectivity index (χ4v) is 3.13. The summed E-state index contributed by atoms with van der Waals surface area (Å²) in [5.74, 6) is -0.646. The number of hydrogen-bond acceptors (Lipinski definition) is 3. The van der Waals surface area contributed by atoms with Crippen molar-refractivity contribution in [2.75, 3.05) is 31.3 Å². The van der Waals surface area contributed by atoms with Crippen molar-refractivity contribution >= 4 is 23.4 Å². The van der Waals surface area contributed by atoms with Crippen LogP contribution in [0.3, 0.4) is 0 Å². The molecule has 0 saturated carbocycles. The maximum Gasteiger partial charge on any atom is 0.282 e. The van der Waals surface area contributed by atoms with E-state index in [0.29, 0.717) is 6.54 Å². The highest BCUT2D eigenvalue weighted by molar-refractivity contribution is 7.98. The van der Waals surface area contributed by atoms with Gasteiger partial charge in [0.2, 0.25) is 0 Å². The van der Waals surface area contributed by atoms with Gasteiger partial charge in [0.15, 0.2) is 6.54 Å². The Hall–Kier alpha value is -2.36. The van der Waals surface area contributed by atoms with Crippen LogP contribution in [0.2, 0.25) is 0 Å². The summed E-state index contributed by atoms with van der Waals surface area (Å²) in [7, 11) is 1.93. The van der Waals surface area contributed by atoms with Crippen molar-refractivity contribution in [3.63, 3.8) is 0 Å². The van der Waals surface area contributed by atoms with Gasteiger partial charge in [-0.15, -0.1) is 11.8 Å². The third kappa shape index (κ3) is 5.58. The van der Waals surface area contributed by atoms with E-state index in [0.717, 1.165) is 10.5 Å². The molecular weight excluding hydrogens is 349 g/mol. The number of benzene rings is 2. The van der Waals surface area contributed by atoms with Crippen molar-refractivity contribution in [1.82, 2.24) is 0 Å². The van der Waals surface area contributed by atoms with E-state index in [-0.39, 0.29) is 31.1 Å². The molecule has 2 aromatic rings. The molecule has 0 aliphatic rings. The van der Waals surface area contributed by atoms with Crippen LogP contribution in [-0.2, 0) is 11.3 Å². The summed E-state index contributed by atoms with van der Waals surface area (Å²) >= 11 is 1.69. The molecule has 0 aromatic heterocycles. The van der Waals surface area contributed by atoms with Crippen molar-refractivity contribution in [1.29, 1.82) is 5.26 Å². The van der Waals surface area contributed by atoms with Crippen molar-refractivity contribution in [3.05, 3.63) is 59.9 Å². The molecule has 0 heterocycles. The maximum absolute atomic E-state index is 14.1. The maximum atomic E-state index is 14.1. The van der Waals surface area contributed by atoms with Gasteiger partial charge in [0.05, 0.1) is 25.2 Å². The average molecular weight is 372 g/mol. The minimum Gasteiger partial charge on any atom is -0.326 e. The molecule has 0 fully saturated rings. The Labute approximate surface area is 158 Å². The second kappa shape index (κ2) is 9.95. The lowest BCUT2D eigenvalue weighted by atomic mass is 10.2. The SMILES string of the molecule is CSc1ccc(C[NH+](C)CC(=O)N(CCC#N)c2ccccc2F)cc1. The number of para-hydroxylation sites is 1. The van der Waals surface area contributed by atoms with Crippen LogP contribution in [0.4, 0.5) is 10.1 Å². The van der Waals surface area contributed by atoms with E-state index in [1.165, 1.54) is 15.9 Å². The first-order valence-electron chi connectivity index (χ1n) is 8.41. The van der Waals surface area contributed by atoms with Gasteiger partial charge in [0.1, 0.15) is 12.4 Å². The number of likely N-dealkylation sites (N-methyl/N-ethyl adjacent to an activating group) is 1. The lowest BCUT2D eigenvalue weighted by Gasteiger charge is -2.24. The van der Waals surface area contributed by atoms with Gasteiger partial charge in [0.25, 0.3) is 5.91 Å². The number of anilines is 1. The van der Waals surface area contributed by atoms with Gasteiger partial charge in [-0.3, -0.25) is 4.79 Å². The number of carbonyl (C=O) groups is 1. The van der Waals surface area contributed by atoms with Crippen LogP contribution < -0.4 is 9.80 Å². The third-order valence-electron chi connectivity index (χ3n) is 4.01. The summed E-state index contributed by atoms with van der Waals surface area (Å²) in [6.45, 7) is 1.11. The van der Waals surface area contributed by atoms with Crippen LogP contribution in [0.5, 0.6) is 0 Å². The Bertz CT molecular complexity index is 773. The normalized spacial score (nSPS) is 11.6. The van der Waals surface area contributed by atoms with Crippen LogP contribution in [0.25, 0.3) is 0 Å². The molecule has 0 bridgehead atoms. The minimum absolute atomic E-state index is 0.162. The molecule has 136 valence electrons. The molecule has 0 radical (unpaired) electrons. The highest BCUT2D eigenvalue weighted by Crippen LogP contribution is 2.19. The first-order valence-corrected chi connectivity index (χ1v) is 9.63. The lowest BCUT2D eigenvalue weighted by molar-refractivity contribution is -0.885. The second-order valence-corrected chi connectivity index (χ2v) is 6.94. The number of thioether (sulfide) groups is 1. The van der Waals surface area contributed by atoms with E-state index < -0.39 is 5.82 Å². The zero-order valence-corrected chi connectivity index (χ0v) is 15.9. The minimum atomic E-state index is -0.455. The van der Waals surface area contributed by atoms with Crippen LogP contribution >= 0.6 is 11.8 Å². The quantitative estimate of drug-likeness (QED) is 0.725. The Balaban J connectivity index is 2.05. The second-order valence-electron chi connectivity index (χ2n) is 6.06. The third-order valence-corrected chi connectivity index (χ3v) is 4.75. The number of nitrogens with zero attached hydrogens (tertiary/aromatic N) is 2. The molecule has 6 heteroatoms. The molecule has 1 atom stereocenters. The summed E-state index contributed by atoms with van der Waals surface area (Å²) in [4.78, 5) is 16.3. The van der Waals surface area contributed by atoms with Gasteiger partial charge in [-0.05, 0) is 30.5 Å². The molecule has 1 amide bonds. The number of amides is 1. The van der Waals surface area contributed by atoms with Gasteiger partial charge in [-0.25, -0.2) is 4.39 Å². The van der Waals surface area contributed by atoms with Crippen molar-refractivity contribution in [2.45, 2.75) is 17.9 Å². The molecule has 0 aliphatic heterocycles. The number of hydrogen-bond donors (Lipinski definition) is 1. The molecule has 4 nitrogen and oxygen atoms in total. The fraction of sp³-hybridized carbons (Fsp3) is 0.300. The zero-order chi connectivity index (χ0) is 18.9. The van der Waals surface area contributed by atoms with E-state index in [1.54, 1.807) is 30.0 Å². The summed E-state index contributed by atoms with van der Waals surface area (Å²) in [6.07, 6.45) is 2.19. The molecular formula is C20H23FN3OS+. The monoisotopic (exact) mass is 372 g/mol. The van der Waals surface area contributed by atoms with Gasteiger partial charge >= 0.3 is 0 Å². The summed E-state index contributed by atoms with van der Waals surface area (Å²) in [5, 5.41) is 8.84. The van der Waals surface area contributed by atoms with E-state index in [2.05, 4.69) is 24.3 Å². The van der Waals surface area contributed by atoms with Crippen LogP contribution in [0, 0.1) is 17.1 Å². The van der Waals surface area contributed by atoms with Gasteiger partial charge in [-0.1, -0.05) is 24.3 Å². The predicted molar refractivity (Wildman–Crippen MR) is 103 cm³/mol. The van der Waals surface area contributed by atoms with E-state index >= 15 is 0 Å². The first kappa shape index (κ1) is 20.0. The lowest BCUT2D eigenvalue weighted by Crippen LogP contribution is -3.09. The molecule has 0 saturated heterocycles. The summed E-state index contributed by atoms with van der Waals surface area (Å²) < 4.78 is 14.1. The molecule has 0 spiro atoms. The van der Waals surface area contributed by atoms with E-state index in [1.807, 2.05) is 19.4 Å². The van der Waals surface area contributed by atoms with Gasteiger partial charge in [-0.2, -0.15) is 5.26 Å². The predicted octanol–water partition coefficient (Wildman–Crippen LogP) is 2.51. The Morgan fingerprint density at radius 1 is 1.23 bits per heavy atom. The summed E-state index contributed by atoms with van der Waals surface area (Å²) in [6, 6.07) is 16.4. The number of nitrogens with one attached hydrogen (secondary N) is 1. The zero-order valence-electron chi connectivity index (χ0n) is 15.0. The number of carbonyl (C=O) groups excluding carboxylic acids is 1. The van der Waals surface area contributed by atoms with Gasteiger partial charge in [0, 0.05) is 17.0 Å². The first-order chi connectivity index (χ1) is 12.5. The molecule has 26 heavy (non-hydrogen) atoms. The molecule has 2 rings (SSSR count). The van der Waals surface area contributed by atoms with Crippen LogP contribution in [0.1, 0.15) is 12.0 Å².